The Labute approximate surface area is 132 Å². The summed E-state index contributed by atoms with van der Waals surface area (Å²) in [6.45, 7) is 8.10. The zero-order valence-corrected chi connectivity index (χ0v) is 13.6. The van der Waals surface area contributed by atoms with Crippen molar-refractivity contribution in [2.75, 3.05) is 5.32 Å². The van der Waals surface area contributed by atoms with Crippen LogP contribution in [-0.2, 0) is 11.2 Å². The lowest BCUT2D eigenvalue weighted by Crippen LogP contribution is -2.14. The molecule has 0 saturated heterocycles. The van der Waals surface area contributed by atoms with Crippen molar-refractivity contribution in [2.24, 2.45) is 0 Å². The van der Waals surface area contributed by atoms with Gasteiger partial charge in [0.25, 0.3) is 0 Å². The minimum absolute atomic E-state index is 0.0132. The van der Waals surface area contributed by atoms with Crippen LogP contribution in [0.25, 0.3) is 0 Å². The maximum absolute atomic E-state index is 12.1. The molecule has 0 aliphatic heterocycles. The van der Waals surface area contributed by atoms with Crippen LogP contribution in [0.1, 0.15) is 30.5 Å². The molecule has 0 heterocycles. The number of rotatable bonds is 5. The lowest BCUT2D eigenvalue weighted by molar-refractivity contribution is -0.115. The quantitative estimate of drug-likeness (QED) is 0.895. The number of ether oxygens (including phenoxy) is 1. The van der Waals surface area contributed by atoms with E-state index in [-0.39, 0.29) is 12.0 Å². The topological polar surface area (TPSA) is 38.3 Å². The number of carbonyl (C=O) groups excluding carboxylic acids is 1. The monoisotopic (exact) mass is 297 g/mol. The zero-order chi connectivity index (χ0) is 16.1. The van der Waals surface area contributed by atoms with Gasteiger partial charge < -0.3 is 10.1 Å². The van der Waals surface area contributed by atoms with Gasteiger partial charge in [0.2, 0.25) is 5.91 Å². The molecular formula is C19H23NO2. The number of nitrogens with one attached hydrogen (secondary N) is 1. The van der Waals surface area contributed by atoms with Crippen LogP contribution in [0, 0.1) is 13.8 Å². The molecule has 1 amide bonds. The second kappa shape index (κ2) is 7.12. The number of benzene rings is 2. The standard InChI is InChI=1S/C19H23NO2/c1-13(2)22-18-9-7-17(8-10-18)20-19(21)12-16-6-5-14(3)15(4)11-16/h5-11,13H,12H2,1-4H3,(H,20,21). The van der Waals surface area contributed by atoms with Crippen LogP contribution in [-0.4, -0.2) is 12.0 Å². The fourth-order valence-electron chi connectivity index (χ4n) is 2.19. The van der Waals surface area contributed by atoms with Crippen molar-refractivity contribution in [3.63, 3.8) is 0 Å². The Bertz CT molecular complexity index is 645. The van der Waals surface area contributed by atoms with Gasteiger partial charge in [-0.3, -0.25) is 4.79 Å². The van der Waals surface area contributed by atoms with Crippen LogP contribution < -0.4 is 10.1 Å². The highest BCUT2D eigenvalue weighted by atomic mass is 16.5. The summed E-state index contributed by atoms with van der Waals surface area (Å²) in [4.78, 5) is 12.1. The Morgan fingerprint density at radius 2 is 1.73 bits per heavy atom. The molecule has 0 fully saturated rings. The number of hydrogen-bond donors (Lipinski definition) is 1. The molecule has 3 nitrogen and oxygen atoms in total. The maximum Gasteiger partial charge on any atom is 0.228 e. The van der Waals surface area contributed by atoms with Crippen LogP contribution in [0.15, 0.2) is 42.5 Å². The normalized spacial score (nSPS) is 10.6. The fraction of sp³-hybridized carbons (Fsp3) is 0.316. The van der Waals surface area contributed by atoms with Gasteiger partial charge in [0.1, 0.15) is 5.75 Å². The molecule has 0 spiro atoms. The van der Waals surface area contributed by atoms with E-state index >= 15 is 0 Å². The van der Waals surface area contributed by atoms with Crippen LogP contribution in [0.5, 0.6) is 5.75 Å². The van der Waals surface area contributed by atoms with E-state index < -0.39 is 0 Å². The average molecular weight is 297 g/mol. The summed E-state index contributed by atoms with van der Waals surface area (Å²) >= 11 is 0. The molecule has 0 aliphatic rings. The van der Waals surface area contributed by atoms with E-state index in [0.29, 0.717) is 6.42 Å². The lowest BCUT2D eigenvalue weighted by Gasteiger charge is -2.11. The molecule has 3 heteroatoms. The summed E-state index contributed by atoms with van der Waals surface area (Å²) in [5, 5.41) is 2.91. The van der Waals surface area contributed by atoms with E-state index in [1.54, 1.807) is 0 Å². The summed E-state index contributed by atoms with van der Waals surface area (Å²) in [6, 6.07) is 13.6. The number of aryl methyl sites for hydroxylation is 2. The molecule has 2 aromatic carbocycles. The molecule has 0 bridgehead atoms. The largest absolute Gasteiger partial charge is 0.491 e. The zero-order valence-electron chi connectivity index (χ0n) is 13.6. The fourth-order valence-corrected chi connectivity index (χ4v) is 2.19. The van der Waals surface area contributed by atoms with Crippen molar-refractivity contribution in [3.05, 3.63) is 59.2 Å². The first-order chi connectivity index (χ1) is 10.4. The summed E-state index contributed by atoms with van der Waals surface area (Å²) < 4.78 is 5.58. The second-order valence-corrected chi connectivity index (χ2v) is 5.83. The Morgan fingerprint density at radius 1 is 1.05 bits per heavy atom. The Kier molecular flexibility index (Phi) is 5.21. The van der Waals surface area contributed by atoms with E-state index in [1.807, 2.05) is 44.2 Å². The predicted molar refractivity (Wildman–Crippen MR) is 90.5 cm³/mol. The molecule has 0 aromatic heterocycles. The number of hydrogen-bond acceptors (Lipinski definition) is 2. The van der Waals surface area contributed by atoms with E-state index in [9.17, 15) is 4.79 Å². The smallest absolute Gasteiger partial charge is 0.228 e. The lowest BCUT2D eigenvalue weighted by atomic mass is 10.0. The summed E-state index contributed by atoms with van der Waals surface area (Å²) in [7, 11) is 0. The minimum Gasteiger partial charge on any atom is -0.491 e. The molecule has 2 rings (SSSR count). The maximum atomic E-state index is 12.1. The summed E-state index contributed by atoms with van der Waals surface area (Å²) in [5.41, 5.74) is 4.26. The van der Waals surface area contributed by atoms with Crippen molar-refractivity contribution in [2.45, 2.75) is 40.2 Å². The van der Waals surface area contributed by atoms with Crippen LogP contribution in [0.3, 0.4) is 0 Å². The summed E-state index contributed by atoms with van der Waals surface area (Å²) in [5.74, 6) is 0.794. The van der Waals surface area contributed by atoms with E-state index in [1.165, 1.54) is 11.1 Å². The van der Waals surface area contributed by atoms with Crippen molar-refractivity contribution in [1.29, 1.82) is 0 Å². The van der Waals surface area contributed by atoms with E-state index in [0.717, 1.165) is 17.0 Å². The first-order valence-corrected chi connectivity index (χ1v) is 7.57. The molecule has 1 N–H and O–H groups in total. The highest BCUT2D eigenvalue weighted by Crippen LogP contribution is 2.17. The third kappa shape index (κ3) is 4.62. The Morgan fingerprint density at radius 3 is 2.32 bits per heavy atom. The van der Waals surface area contributed by atoms with Crippen molar-refractivity contribution >= 4 is 11.6 Å². The van der Waals surface area contributed by atoms with Gasteiger partial charge >= 0.3 is 0 Å². The van der Waals surface area contributed by atoms with Crippen LogP contribution in [0.2, 0.25) is 0 Å². The van der Waals surface area contributed by atoms with Gasteiger partial charge in [-0.15, -0.1) is 0 Å². The van der Waals surface area contributed by atoms with E-state index in [2.05, 4.69) is 31.3 Å². The first kappa shape index (κ1) is 16.1. The van der Waals surface area contributed by atoms with Gasteiger partial charge in [0, 0.05) is 5.69 Å². The number of anilines is 1. The van der Waals surface area contributed by atoms with Crippen molar-refractivity contribution < 1.29 is 9.53 Å². The first-order valence-electron chi connectivity index (χ1n) is 7.57. The van der Waals surface area contributed by atoms with Crippen LogP contribution >= 0.6 is 0 Å². The highest BCUT2D eigenvalue weighted by Gasteiger charge is 2.06. The van der Waals surface area contributed by atoms with Crippen LogP contribution in [0.4, 0.5) is 5.69 Å². The third-order valence-electron chi connectivity index (χ3n) is 3.45. The van der Waals surface area contributed by atoms with Gasteiger partial charge in [0.05, 0.1) is 12.5 Å². The molecule has 22 heavy (non-hydrogen) atoms. The third-order valence-corrected chi connectivity index (χ3v) is 3.45. The second-order valence-electron chi connectivity index (χ2n) is 5.83. The molecule has 0 radical (unpaired) electrons. The Hall–Kier alpha value is -2.29. The average Bonchev–Trinajstić information content (AvgIpc) is 2.44. The van der Waals surface area contributed by atoms with Gasteiger partial charge in [-0.05, 0) is 68.7 Å². The van der Waals surface area contributed by atoms with Gasteiger partial charge in [-0.2, -0.15) is 0 Å². The predicted octanol–water partition coefficient (Wildman–Crippen LogP) is 4.27. The van der Waals surface area contributed by atoms with Gasteiger partial charge in [-0.1, -0.05) is 18.2 Å². The SMILES string of the molecule is Cc1ccc(CC(=O)Nc2ccc(OC(C)C)cc2)cc1C. The molecule has 0 saturated carbocycles. The molecule has 0 unspecified atom stereocenters. The Balaban J connectivity index is 1.95. The molecule has 116 valence electrons. The molecular weight excluding hydrogens is 274 g/mol. The molecule has 2 aromatic rings. The minimum atomic E-state index is -0.0132. The van der Waals surface area contributed by atoms with Crippen molar-refractivity contribution in [3.8, 4) is 5.75 Å². The van der Waals surface area contributed by atoms with E-state index in [4.69, 9.17) is 4.74 Å². The van der Waals surface area contributed by atoms with Gasteiger partial charge in [-0.25, -0.2) is 0 Å². The highest BCUT2D eigenvalue weighted by molar-refractivity contribution is 5.92. The van der Waals surface area contributed by atoms with Gasteiger partial charge in [0.15, 0.2) is 0 Å². The number of carbonyl (C=O) groups is 1. The van der Waals surface area contributed by atoms with Crippen molar-refractivity contribution in [1.82, 2.24) is 0 Å². The molecule has 0 aliphatic carbocycles. The molecule has 0 atom stereocenters. The number of amides is 1. The summed E-state index contributed by atoms with van der Waals surface area (Å²) in [6.07, 6.45) is 0.524.